The number of hydrogen-bond acceptors (Lipinski definition) is 3. The molecule has 5 heteroatoms. The Hall–Kier alpha value is -2.69. The number of nitro benzene ring substituents is 1. The van der Waals surface area contributed by atoms with Gasteiger partial charge in [0.1, 0.15) is 5.75 Å². The average Bonchev–Trinajstić information content (AvgIpc) is 2.53. The van der Waals surface area contributed by atoms with Crippen molar-refractivity contribution in [2.75, 3.05) is 13.7 Å². The summed E-state index contributed by atoms with van der Waals surface area (Å²) in [5.74, 6) is 0.788. The van der Waals surface area contributed by atoms with E-state index in [0.717, 1.165) is 17.7 Å². The molecule has 0 saturated carbocycles. The van der Waals surface area contributed by atoms with Gasteiger partial charge in [-0.05, 0) is 11.6 Å². The smallest absolute Gasteiger partial charge is 0.339 e. The Morgan fingerprint density at radius 3 is 2.76 bits per heavy atom. The number of benzene rings is 2. The standard InChI is InChI=1S/C16H15N2O3/c1-21-16-8-4-5-12-9-10-17(11-13(12)16)14-6-2-3-7-15(14)18(19)20/h2-8,11H,9-10H2,1H3/q+1. The number of nitrogens with zero attached hydrogens (tertiary/aromatic N) is 2. The molecule has 0 unspecified atom stereocenters. The first-order valence-corrected chi connectivity index (χ1v) is 6.71. The van der Waals surface area contributed by atoms with Crippen molar-refractivity contribution in [2.45, 2.75) is 6.42 Å². The second-order valence-corrected chi connectivity index (χ2v) is 4.85. The lowest BCUT2D eigenvalue weighted by molar-refractivity contribution is -0.454. The molecule has 0 amide bonds. The predicted octanol–water partition coefficient (Wildman–Crippen LogP) is 2.92. The van der Waals surface area contributed by atoms with Crippen LogP contribution >= 0.6 is 0 Å². The second kappa shape index (κ2) is 5.36. The molecule has 0 spiro atoms. The highest BCUT2D eigenvalue weighted by molar-refractivity contribution is 5.84. The van der Waals surface area contributed by atoms with Crippen LogP contribution in [0.25, 0.3) is 0 Å². The third-order valence-corrected chi connectivity index (χ3v) is 3.67. The summed E-state index contributed by atoms with van der Waals surface area (Å²) in [6, 6.07) is 12.7. The SMILES string of the molecule is COc1cccc2c1C=[N+](c1ccccc1[N+](=O)[O-])CC2. The molecule has 1 aliphatic rings. The van der Waals surface area contributed by atoms with Crippen molar-refractivity contribution in [3.8, 4) is 5.75 Å². The first-order valence-electron chi connectivity index (χ1n) is 6.71. The lowest BCUT2D eigenvalue weighted by Gasteiger charge is -2.14. The number of nitro groups is 1. The second-order valence-electron chi connectivity index (χ2n) is 4.85. The molecule has 2 aromatic carbocycles. The largest absolute Gasteiger partial charge is 0.496 e. The molecule has 1 aliphatic heterocycles. The van der Waals surface area contributed by atoms with E-state index in [0.29, 0.717) is 12.2 Å². The maximum Gasteiger partial charge on any atom is 0.339 e. The zero-order chi connectivity index (χ0) is 14.8. The van der Waals surface area contributed by atoms with Gasteiger partial charge in [-0.25, -0.2) is 0 Å². The summed E-state index contributed by atoms with van der Waals surface area (Å²) in [6.45, 7) is 0.713. The minimum Gasteiger partial charge on any atom is -0.496 e. The van der Waals surface area contributed by atoms with Crippen LogP contribution < -0.4 is 4.74 Å². The van der Waals surface area contributed by atoms with Crippen LogP contribution in [0.4, 0.5) is 11.4 Å². The number of fused-ring (bicyclic) bond motifs is 1. The monoisotopic (exact) mass is 283 g/mol. The highest BCUT2D eigenvalue weighted by atomic mass is 16.6. The summed E-state index contributed by atoms with van der Waals surface area (Å²) in [5.41, 5.74) is 2.92. The highest BCUT2D eigenvalue weighted by Gasteiger charge is 2.27. The minimum atomic E-state index is -0.346. The molecule has 1 heterocycles. The number of ether oxygens (including phenoxy) is 1. The van der Waals surface area contributed by atoms with E-state index in [9.17, 15) is 10.1 Å². The summed E-state index contributed by atoms with van der Waals surface area (Å²) in [5, 5.41) is 11.2. The van der Waals surface area contributed by atoms with Crippen LogP contribution in [0.3, 0.4) is 0 Å². The molecule has 0 radical (unpaired) electrons. The zero-order valence-electron chi connectivity index (χ0n) is 11.7. The van der Waals surface area contributed by atoms with Crippen LogP contribution in [-0.4, -0.2) is 29.4 Å². The van der Waals surface area contributed by atoms with Gasteiger partial charge in [-0.3, -0.25) is 10.1 Å². The van der Waals surface area contributed by atoms with Gasteiger partial charge in [-0.1, -0.05) is 24.3 Å². The minimum absolute atomic E-state index is 0.118. The van der Waals surface area contributed by atoms with E-state index in [-0.39, 0.29) is 10.6 Å². The van der Waals surface area contributed by atoms with Gasteiger partial charge in [-0.2, -0.15) is 4.58 Å². The summed E-state index contributed by atoms with van der Waals surface area (Å²) in [6.07, 6.45) is 2.76. The third kappa shape index (κ3) is 2.38. The summed E-state index contributed by atoms with van der Waals surface area (Å²) in [7, 11) is 1.63. The van der Waals surface area contributed by atoms with Gasteiger partial charge < -0.3 is 4.74 Å². The van der Waals surface area contributed by atoms with Gasteiger partial charge in [0.25, 0.3) is 5.69 Å². The topological polar surface area (TPSA) is 55.4 Å². The highest BCUT2D eigenvalue weighted by Crippen LogP contribution is 2.30. The number of para-hydroxylation sites is 2. The molecular formula is C16H15N2O3+. The molecule has 0 saturated heterocycles. The van der Waals surface area contributed by atoms with Crippen molar-refractivity contribution < 1.29 is 14.2 Å². The van der Waals surface area contributed by atoms with E-state index in [2.05, 4.69) is 6.07 Å². The van der Waals surface area contributed by atoms with Gasteiger partial charge >= 0.3 is 5.69 Å². The molecule has 21 heavy (non-hydrogen) atoms. The van der Waals surface area contributed by atoms with E-state index < -0.39 is 0 Å². The van der Waals surface area contributed by atoms with Crippen LogP contribution in [0.5, 0.6) is 5.75 Å². The van der Waals surface area contributed by atoms with Gasteiger partial charge in [0, 0.05) is 18.6 Å². The maximum absolute atomic E-state index is 11.2. The fourth-order valence-corrected chi connectivity index (χ4v) is 2.64. The van der Waals surface area contributed by atoms with Crippen LogP contribution in [0, 0.1) is 10.1 Å². The molecule has 0 atom stereocenters. The normalized spacial score (nSPS) is 13.3. The van der Waals surface area contributed by atoms with Gasteiger partial charge in [0.15, 0.2) is 12.8 Å². The lowest BCUT2D eigenvalue weighted by Crippen LogP contribution is -2.20. The number of methoxy groups -OCH3 is 1. The Kier molecular flexibility index (Phi) is 3.39. The number of hydrogen-bond donors (Lipinski definition) is 0. The average molecular weight is 283 g/mol. The van der Waals surface area contributed by atoms with Crippen LogP contribution in [-0.2, 0) is 6.42 Å². The van der Waals surface area contributed by atoms with Crippen molar-refractivity contribution in [2.24, 2.45) is 0 Å². The fourth-order valence-electron chi connectivity index (χ4n) is 2.64. The Bertz CT molecular complexity index is 738. The molecule has 0 aromatic heterocycles. The van der Waals surface area contributed by atoms with Crippen molar-refractivity contribution in [3.63, 3.8) is 0 Å². The summed E-state index contributed by atoms with van der Waals surface area (Å²) < 4.78 is 7.30. The zero-order valence-corrected chi connectivity index (χ0v) is 11.7. The molecule has 0 N–H and O–H groups in total. The molecule has 0 aliphatic carbocycles. The van der Waals surface area contributed by atoms with Crippen molar-refractivity contribution in [1.82, 2.24) is 0 Å². The van der Waals surface area contributed by atoms with Crippen molar-refractivity contribution >= 4 is 17.6 Å². The predicted molar refractivity (Wildman–Crippen MR) is 79.7 cm³/mol. The summed E-state index contributed by atoms with van der Waals surface area (Å²) in [4.78, 5) is 10.8. The molecule has 5 nitrogen and oxygen atoms in total. The molecule has 3 rings (SSSR count). The van der Waals surface area contributed by atoms with Gasteiger partial charge in [0.2, 0.25) is 0 Å². The Morgan fingerprint density at radius 1 is 1.19 bits per heavy atom. The van der Waals surface area contributed by atoms with Crippen molar-refractivity contribution in [3.05, 3.63) is 63.7 Å². The molecular weight excluding hydrogens is 268 g/mol. The lowest BCUT2D eigenvalue weighted by atomic mass is 10.0. The Balaban J connectivity index is 2.13. The van der Waals surface area contributed by atoms with Gasteiger partial charge in [0.05, 0.1) is 17.6 Å². The molecule has 106 valence electrons. The van der Waals surface area contributed by atoms with E-state index >= 15 is 0 Å². The molecule has 2 aromatic rings. The Labute approximate surface area is 122 Å². The van der Waals surface area contributed by atoms with Gasteiger partial charge in [-0.15, -0.1) is 0 Å². The Morgan fingerprint density at radius 2 is 2.00 bits per heavy atom. The van der Waals surface area contributed by atoms with E-state index in [1.54, 1.807) is 19.2 Å². The molecule has 0 fully saturated rings. The number of rotatable bonds is 3. The summed E-state index contributed by atoms with van der Waals surface area (Å²) >= 11 is 0. The first kappa shape index (κ1) is 13.3. The first-order chi connectivity index (χ1) is 10.2. The van der Waals surface area contributed by atoms with E-state index in [1.165, 1.54) is 11.6 Å². The quantitative estimate of drug-likeness (QED) is 0.494. The van der Waals surface area contributed by atoms with Crippen molar-refractivity contribution in [1.29, 1.82) is 0 Å². The van der Waals surface area contributed by atoms with E-state index in [4.69, 9.17) is 4.74 Å². The van der Waals surface area contributed by atoms with E-state index in [1.807, 2.05) is 29.0 Å². The third-order valence-electron chi connectivity index (χ3n) is 3.67. The van der Waals surface area contributed by atoms with Crippen LogP contribution in [0.15, 0.2) is 42.5 Å². The molecule has 0 bridgehead atoms. The van der Waals surface area contributed by atoms with Crippen LogP contribution in [0.1, 0.15) is 11.1 Å². The van der Waals surface area contributed by atoms with Crippen LogP contribution in [0.2, 0.25) is 0 Å². The maximum atomic E-state index is 11.2. The fraction of sp³-hybridized carbons (Fsp3) is 0.188.